The van der Waals surface area contributed by atoms with Crippen molar-refractivity contribution in [3.8, 4) is 0 Å². The number of carbonyl (C=O) groups excluding carboxylic acids is 1. The number of carbonyl (C=O) groups is 2. The first-order chi connectivity index (χ1) is 9.74. The average molecular weight is 347 g/mol. The van der Waals surface area contributed by atoms with Gasteiger partial charge in [0.15, 0.2) is 0 Å². The number of carboxylic acids is 1. The van der Waals surface area contributed by atoms with E-state index >= 15 is 0 Å². The van der Waals surface area contributed by atoms with Gasteiger partial charge in [0.1, 0.15) is 5.60 Å². The number of ether oxygens (including phenoxy) is 1. The highest BCUT2D eigenvalue weighted by molar-refractivity contribution is 7.22. The summed E-state index contributed by atoms with van der Waals surface area (Å²) in [7, 11) is 0. The third kappa shape index (κ3) is 4.74. The zero-order valence-corrected chi connectivity index (χ0v) is 13.7. The molecule has 0 saturated carbocycles. The van der Waals surface area contributed by atoms with Crippen molar-refractivity contribution in [3.63, 3.8) is 0 Å². The van der Waals surface area contributed by atoms with Gasteiger partial charge in [-0.15, -0.1) is 12.4 Å². The summed E-state index contributed by atoms with van der Waals surface area (Å²) in [6, 6.07) is 4.56. The van der Waals surface area contributed by atoms with Gasteiger partial charge in [0.05, 0.1) is 15.8 Å². The second kappa shape index (κ2) is 6.80. The van der Waals surface area contributed by atoms with Crippen LogP contribution < -0.4 is 5.48 Å². The molecule has 0 spiro atoms. The molecule has 2 N–H and O–H groups in total. The van der Waals surface area contributed by atoms with Crippen LogP contribution in [0.15, 0.2) is 18.2 Å². The summed E-state index contributed by atoms with van der Waals surface area (Å²) < 4.78 is 5.63. The number of hydrogen-bond acceptors (Lipinski definition) is 7. The van der Waals surface area contributed by atoms with Crippen LogP contribution in [0.2, 0.25) is 0 Å². The van der Waals surface area contributed by atoms with Crippen molar-refractivity contribution in [3.05, 3.63) is 23.8 Å². The molecule has 0 bridgehead atoms. The van der Waals surface area contributed by atoms with E-state index in [0.29, 0.717) is 15.3 Å². The number of carboxylic acid groups (broad SMARTS) is 1. The molecular weight excluding hydrogens is 332 g/mol. The molecule has 7 nitrogen and oxygen atoms in total. The monoisotopic (exact) mass is 346 g/mol. The van der Waals surface area contributed by atoms with Crippen molar-refractivity contribution in [1.29, 1.82) is 0 Å². The highest BCUT2D eigenvalue weighted by Gasteiger charge is 2.18. The first kappa shape index (κ1) is 18.0. The van der Waals surface area contributed by atoms with Crippen LogP contribution in [0.25, 0.3) is 10.2 Å². The fourth-order valence-electron chi connectivity index (χ4n) is 1.46. The van der Waals surface area contributed by atoms with Crippen LogP contribution in [0, 0.1) is 0 Å². The number of anilines is 1. The van der Waals surface area contributed by atoms with E-state index < -0.39 is 17.7 Å². The van der Waals surface area contributed by atoms with E-state index in [1.54, 1.807) is 26.8 Å². The van der Waals surface area contributed by atoms with Crippen LogP contribution >= 0.6 is 23.7 Å². The van der Waals surface area contributed by atoms with Gasteiger partial charge in [0.25, 0.3) is 0 Å². The molecule has 0 aliphatic carbocycles. The summed E-state index contributed by atoms with van der Waals surface area (Å²) in [5, 5.41) is 9.25. The molecule has 1 aromatic heterocycles. The second-order valence-corrected chi connectivity index (χ2v) is 6.21. The van der Waals surface area contributed by atoms with Crippen LogP contribution in [0.1, 0.15) is 31.1 Å². The lowest BCUT2D eigenvalue weighted by Crippen LogP contribution is -2.25. The van der Waals surface area contributed by atoms with Crippen molar-refractivity contribution < 1.29 is 24.3 Å². The molecule has 0 atom stereocenters. The number of hydrogen-bond donors (Lipinski definition) is 2. The number of aromatic nitrogens is 1. The number of nitrogens with zero attached hydrogens (tertiary/aromatic N) is 1. The smallest absolute Gasteiger partial charge is 0.478 e. The molecule has 0 aliphatic rings. The normalized spacial score (nSPS) is 10.7. The molecule has 1 heterocycles. The Balaban J connectivity index is 0.00000242. The standard InChI is InChI=1S/C13H14N2O5S.ClH/c1-13(2,3)19-12(18)20-15-11-14-8-5-4-7(10(16)17)6-9(8)21-11;/h4-6H,1-3H3,(H,14,15)(H,16,17);1H. The fraction of sp³-hybridized carbons (Fsp3) is 0.308. The molecular formula is C13H15ClN2O5S. The summed E-state index contributed by atoms with van der Waals surface area (Å²) >= 11 is 1.17. The number of benzene rings is 1. The van der Waals surface area contributed by atoms with E-state index in [-0.39, 0.29) is 18.0 Å². The lowest BCUT2D eigenvalue weighted by atomic mass is 10.2. The summed E-state index contributed by atoms with van der Waals surface area (Å²) in [4.78, 5) is 31.2. The van der Waals surface area contributed by atoms with Crippen LogP contribution in [0.5, 0.6) is 0 Å². The van der Waals surface area contributed by atoms with Crippen LogP contribution in [0.3, 0.4) is 0 Å². The van der Waals surface area contributed by atoms with Gasteiger partial charge in [-0.05, 0) is 39.0 Å². The van der Waals surface area contributed by atoms with Gasteiger partial charge in [0.2, 0.25) is 5.13 Å². The lowest BCUT2D eigenvalue weighted by Gasteiger charge is -2.18. The minimum atomic E-state index is -1.01. The number of rotatable bonds is 3. The Kier molecular flexibility index (Phi) is 5.56. The molecule has 0 saturated heterocycles. The Morgan fingerprint density at radius 1 is 1.32 bits per heavy atom. The molecule has 9 heteroatoms. The summed E-state index contributed by atoms with van der Waals surface area (Å²) in [6.07, 6.45) is -0.868. The SMILES string of the molecule is CC(C)(C)OC(=O)ONc1nc2ccc(C(=O)O)cc2s1.Cl. The number of nitrogens with one attached hydrogen (secondary N) is 1. The fourth-order valence-corrected chi connectivity index (χ4v) is 2.30. The number of fused-ring (bicyclic) bond motifs is 1. The minimum Gasteiger partial charge on any atom is -0.478 e. The predicted molar refractivity (Wildman–Crippen MR) is 84.8 cm³/mol. The molecule has 120 valence electrons. The second-order valence-electron chi connectivity index (χ2n) is 5.18. The van der Waals surface area contributed by atoms with E-state index in [0.717, 1.165) is 0 Å². The topological polar surface area (TPSA) is 97.8 Å². The quantitative estimate of drug-likeness (QED) is 0.646. The van der Waals surface area contributed by atoms with Gasteiger partial charge in [-0.1, -0.05) is 11.3 Å². The molecule has 1 aromatic carbocycles. The van der Waals surface area contributed by atoms with E-state index in [1.165, 1.54) is 23.5 Å². The molecule has 0 unspecified atom stereocenters. The lowest BCUT2D eigenvalue weighted by molar-refractivity contribution is 0.00297. The number of aromatic carboxylic acids is 1. The Morgan fingerprint density at radius 2 is 2.00 bits per heavy atom. The highest BCUT2D eigenvalue weighted by Crippen LogP contribution is 2.27. The summed E-state index contributed by atoms with van der Waals surface area (Å²) in [5.74, 6) is -1.01. The average Bonchev–Trinajstić information content (AvgIpc) is 2.75. The van der Waals surface area contributed by atoms with Crippen LogP contribution in [-0.2, 0) is 9.57 Å². The first-order valence-electron chi connectivity index (χ1n) is 6.04. The molecule has 0 aliphatic heterocycles. The maximum absolute atomic E-state index is 11.4. The van der Waals surface area contributed by atoms with E-state index in [2.05, 4.69) is 10.5 Å². The molecule has 0 fully saturated rings. The van der Waals surface area contributed by atoms with Gasteiger partial charge in [-0.2, -0.15) is 5.48 Å². The number of halogens is 1. The maximum Gasteiger partial charge on any atom is 0.533 e. The highest BCUT2D eigenvalue weighted by atomic mass is 35.5. The maximum atomic E-state index is 11.4. The molecule has 2 aromatic rings. The zero-order chi connectivity index (χ0) is 15.6. The van der Waals surface area contributed by atoms with Crippen molar-refractivity contribution in [1.82, 2.24) is 4.98 Å². The Morgan fingerprint density at radius 3 is 2.59 bits per heavy atom. The Hall–Kier alpha value is -2.06. The van der Waals surface area contributed by atoms with Crippen LogP contribution in [-0.4, -0.2) is 27.8 Å². The Labute approximate surface area is 136 Å². The molecule has 2 rings (SSSR count). The molecule has 0 radical (unpaired) electrons. The predicted octanol–water partition coefficient (Wildman–Crippen LogP) is 3.69. The third-order valence-electron chi connectivity index (χ3n) is 2.25. The van der Waals surface area contributed by atoms with E-state index in [1.807, 2.05) is 0 Å². The zero-order valence-electron chi connectivity index (χ0n) is 12.1. The molecule has 0 amide bonds. The molecule has 22 heavy (non-hydrogen) atoms. The summed E-state index contributed by atoms with van der Waals surface area (Å²) in [6.45, 7) is 5.16. The van der Waals surface area contributed by atoms with E-state index in [4.69, 9.17) is 14.7 Å². The van der Waals surface area contributed by atoms with Gasteiger partial charge in [-0.25, -0.2) is 14.6 Å². The number of thiazole rings is 1. The van der Waals surface area contributed by atoms with Crippen LogP contribution in [0.4, 0.5) is 9.93 Å². The van der Waals surface area contributed by atoms with Crippen molar-refractivity contribution in [2.75, 3.05) is 5.48 Å². The van der Waals surface area contributed by atoms with E-state index in [9.17, 15) is 9.59 Å². The summed E-state index contributed by atoms with van der Waals surface area (Å²) in [5.41, 5.74) is 2.52. The van der Waals surface area contributed by atoms with Gasteiger partial charge in [0, 0.05) is 0 Å². The van der Waals surface area contributed by atoms with Gasteiger partial charge in [-0.3, -0.25) is 0 Å². The van der Waals surface area contributed by atoms with Gasteiger partial charge < -0.3 is 14.7 Å². The Bertz CT molecular complexity index is 695. The van der Waals surface area contributed by atoms with Gasteiger partial charge >= 0.3 is 12.1 Å². The minimum absolute atomic E-state index is 0. The van der Waals surface area contributed by atoms with Crippen molar-refractivity contribution in [2.24, 2.45) is 0 Å². The van der Waals surface area contributed by atoms with Crippen molar-refractivity contribution in [2.45, 2.75) is 26.4 Å². The third-order valence-corrected chi connectivity index (χ3v) is 3.16. The largest absolute Gasteiger partial charge is 0.533 e. The van der Waals surface area contributed by atoms with Crippen molar-refractivity contribution >= 4 is 51.2 Å². The first-order valence-corrected chi connectivity index (χ1v) is 6.86.